The molecule has 0 aromatic carbocycles. The van der Waals surface area contributed by atoms with Crippen molar-refractivity contribution < 1.29 is 17.1 Å². The summed E-state index contributed by atoms with van der Waals surface area (Å²) in [4.78, 5) is 0. The van der Waals surface area contributed by atoms with Crippen LogP contribution in [0, 0.1) is 0 Å². The van der Waals surface area contributed by atoms with Gasteiger partial charge in [0.25, 0.3) is 0 Å². The quantitative estimate of drug-likeness (QED) is 0.289. The minimum absolute atomic E-state index is 0. The smallest absolute Gasteiger partial charge is 0.0647 e. The molecule has 40 valence electrons. The maximum Gasteiger partial charge on any atom is 0.0647 e. The molecule has 0 atom stereocenters. The van der Waals surface area contributed by atoms with Crippen molar-refractivity contribution >= 4 is 0 Å². The predicted molar refractivity (Wildman–Crippen MR) is 21.2 cm³/mol. The van der Waals surface area contributed by atoms with Crippen molar-refractivity contribution in [3.05, 3.63) is 0 Å². The molecular weight excluding hydrogens is 122 g/mol. The first-order valence-electron chi connectivity index (χ1n) is 1.48. The van der Waals surface area contributed by atoms with Crippen LogP contribution in [0.15, 0.2) is 0 Å². The fourth-order valence-electron chi connectivity index (χ4n) is 0. The van der Waals surface area contributed by atoms with Crippen LogP contribution in [0.3, 0.4) is 0 Å². The Bertz CT molecular complexity index is 22.8. The third kappa shape index (κ3) is 8.83. The second-order valence-electron chi connectivity index (χ2n) is 0.900. The topological polar surface area (TPSA) is 78.1 Å². The fourth-order valence-corrected chi connectivity index (χ4v) is 0. The van der Waals surface area contributed by atoms with Gasteiger partial charge in [-0.05, 0) is 0 Å². The Kier molecular flexibility index (Phi) is 8.67. The van der Waals surface area contributed by atoms with E-state index in [0.717, 1.165) is 0 Å². The fraction of sp³-hybridized carbons (Fsp3) is 1.00. The van der Waals surface area contributed by atoms with E-state index in [1.54, 1.807) is 0 Å². The number of hydrogen-bond acceptors (Lipinski definition) is 3. The van der Waals surface area contributed by atoms with E-state index >= 15 is 0 Å². The molecule has 0 aliphatic rings. The molecule has 6 N–H and O–H groups in total. The molecule has 0 heterocycles. The van der Waals surface area contributed by atoms with Crippen LogP contribution in [0.2, 0.25) is 0 Å². The van der Waals surface area contributed by atoms with Crippen molar-refractivity contribution in [2.24, 2.45) is 17.2 Å². The van der Waals surface area contributed by atoms with Crippen molar-refractivity contribution in [1.29, 1.82) is 0 Å². The number of rotatable bonds is 1. The van der Waals surface area contributed by atoms with E-state index < -0.39 is 0 Å². The Balaban J connectivity index is 0. The van der Waals surface area contributed by atoms with Crippen molar-refractivity contribution in [3.8, 4) is 0 Å². The van der Waals surface area contributed by atoms with Crippen LogP contribution in [0.5, 0.6) is 0 Å². The molecule has 0 saturated carbocycles. The zero-order chi connectivity index (χ0) is 4.28. The van der Waals surface area contributed by atoms with Crippen LogP contribution >= 0.6 is 0 Å². The summed E-state index contributed by atoms with van der Waals surface area (Å²) >= 11 is 0. The second kappa shape index (κ2) is 5.40. The molecule has 0 amide bonds. The van der Waals surface area contributed by atoms with E-state index in [9.17, 15) is 0 Å². The Morgan fingerprint density at radius 3 is 1.50 bits per heavy atom. The van der Waals surface area contributed by atoms with Gasteiger partial charge in [0.1, 0.15) is 0 Å². The van der Waals surface area contributed by atoms with E-state index in [1.165, 1.54) is 0 Å². The van der Waals surface area contributed by atoms with Crippen LogP contribution in [0.1, 0.15) is 0 Å². The molecular formula is C2H9FeN3. The van der Waals surface area contributed by atoms with Crippen LogP contribution in [-0.2, 0) is 17.1 Å². The zero-order valence-corrected chi connectivity index (χ0v) is 4.47. The second-order valence-corrected chi connectivity index (χ2v) is 0.900. The van der Waals surface area contributed by atoms with Crippen LogP contribution in [0.25, 0.3) is 0 Å². The molecule has 0 aliphatic heterocycles. The van der Waals surface area contributed by atoms with Gasteiger partial charge in [-0.3, -0.25) is 0 Å². The molecule has 0 aromatic rings. The summed E-state index contributed by atoms with van der Waals surface area (Å²) in [7, 11) is 0. The maximum atomic E-state index is 4.94. The standard InChI is InChI=1S/C2H9N3.Fe/c3-1-2(4)5;/h2H,1,3-5H2;. The van der Waals surface area contributed by atoms with Gasteiger partial charge in [-0.1, -0.05) is 0 Å². The Morgan fingerprint density at radius 1 is 1.33 bits per heavy atom. The zero-order valence-electron chi connectivity index (χ0n) is 3.37. The average Bonchev–Trinajstić information content (AvgIpc) is 1.38. The van der Waals surface area contributed by atoms with Crippen LogP contribution < -0.4 is 17.2 Å². The molecule has 0 radical (unpaired) electrons. The summed E-state index contributed by atoms with van der Waals surface area (Å²) in [6.45, 7) is 0.361. The largest absolute Gasteiger partial charge is 0.328 e. The monoisotopic (exact) mass is 131 g/mol. The molecule has 0 fully saturated rings. The molecule has 0 rings (SSSR count). The van der Waals surface area contributed by atoms with E-state index in [2.05, 4.69) is 0 Å². The first-order chi connectivity index (χ1) is 2.27. The summed E-state index contributed by atoms with van der Waals surface area (Å²) < 4.78 is 0. The Labute approximate surface area is 47.7 Å². The van der Waals surface area contributed by atoms with Crippen LogP contribution in [0.4, 0.5) is 0 Å². The minimum atomic E-state index is -0.338. The first kappa shape index (κ1) is 9.64. The first-order valence-corrected chi connectivity index (χ1v) is 1.48. The van der Waals surface area contributed by atoms with Gasteiger partial charge in [-0.25, -0.2) is 0 Å². The molecule has 6 heavy (non-hydrogen) atoms. The van der Waals surface area contributed by atoms with Crippen LogP contribution in [-0.4, -0.2) is 12.7 Å². The third-order valence-electron chi connectivity index (χ3n) is 0.272. The van der Waals surface area contributed by atoms with Gasteiger partial charge in [-0.2, -0.15) is 0 Å². The molecule has 0 saturated heterocycles. The average molecular weight is 131 g/mol. The summed E-state index contributed by atoms with van der Waals surface area (Å²) in [5, 5.41) is 0. The number of hydrogen-bond donors (Lipinski definition) is 3. The summed E-state index contributed by atoms with van der Waals surface area (Å²) in [6.07, 6.45) is -0.338. The third-order valence-corrected chi connectivity index (χ3v) is 0.272. The van der Waals surface area contributed by atoms with Crippen molar-refractivity contribution in [2.45, 2.75) is 6.17 Å². The van der Waals surface area contributed by atoms with Crippen molar-refractivity contribution in [3.63, 3.8) is 0 Å². The normalized spacial score (nSPS) is 8.00. The van der Waals surface area contributed by atoms with E-state index in [4.69, 9.17) is 17.2 Å². The summed E-state index contributed by atoms with van der Waals surface area (Å²) in [5.41, 5.74) is 14.8. The number of nitrogens with two attached hydrogens (primary N) is 3. The van der Waals surface area contributed by atoms with E-state index in [1.807, 2.05) is 0 Å². The molecule has 0 bridgehead atoms. The van der Waals surface area contributed by atoms with E-state index in [-0.39, 0.29) is 23.2 Å². The van der Waals surface area contributed by atoms with Gasteiger partial charge in [0, 0.05) is 23.6 Å². The van der Waals surface area contributed by atoms with Gasteiger partial charge in [-0.15, -0.1) is 0 Å². The summed E-state index contributed by atoms with van der Waals surface area (Å²) in [6, 6.07) is 0. The molecule has 0 aliphatic carbocycles. The molecule has 3 nitrogen and oxygen atoms in total. The van der Waals surface area contributed by atoms with Crippen molar-refractivity contribution in [2.75, 3.05) is 6.54 Å². The maximum absolute atomic E-state index is 4.94. The van der Waals surface area contributed by atoms with Gasteiger partial charge < -0.3 is 17.2 Å². The Morgan fingerprint density at radius 2 is 1.50 bits per heavy atom. The van der Waals surface area contributed by atoms with Gasteiger partial charge in [0.2, 0.25) is 0 Å². The predicted octanol–water partition coefficient (Wildman–Crippen LogP) is -1.81. The van der Waals surface area contributed by atoms with E-state index in [0.29, 0.717) is 6.54 Å². The SMILES string of the molecule is NCC(N)N.[Fe]. The van der Waals surface area contributed by atoms with Gasteiger partial charge in [0.05, 0.1) is 6.17 Å². The van der Waals surface area contributed by atoms with Gasteiger partial charge in [0.15, 0.2) is 0 Å². The minimum Gasteiger partial charge on any atom is -0.328 e. The summed E-state index contributed by atoms with van der Waals surface area (Å²) in [5.74, 6) is 0. The van der Waals surface area contributed by atoms with Gasteiger partial charge >= 0.3 is 0 Å². The molecule has 0 aromatic heterocycles. The molecule has 4 heteroatoms. The van der Waals surface area contributed by atoms with Crippen molar-refractivity contribution in [1.82, 2.24) is 0 Å². The molecule has 0 spiro atoms. The molecule has 0 unspecified atom stereocenters. The Hall–Kier alpha value is 0.399.